The second-order valence-electron chi connectivity index (χ2n) is 7.90. The lowest BCUT2D eigenvalue weighted by atomic mass is 10.0. The Morgan fingerprint density at radius 1 is 0.871 bits per heavy atom. The van der Waals surface area contributed by atoms with Crippen LogP contribution in [0.4, 0.5) is 0 Å². The number of carbonyl (C=O) groups excluding carboxylic acids is 1. The summed E-state index contributed by atoms with van der Waals surface area (Å²) in [4.78, 5) is 23.4. The van der Waals surface area contributed by atoms with Crippen LogP contribution in [0.2, 0.25) is 0 Å². The third kappa shape index (κ3) is 6.44. The van der Waals surface area contributed by atoms with Crippen LogP contribution in [0.3, 0.4) is 0 Å². The molecule has 5 heteroatoms. The standard InChI is InChI=1S/C26H27NO4/c1-26(2,31-23-14-11-19(12-15-23)13-16-24(28)29)25(30)27-18-20-7-6-10-22(17-20)21-8-4-3-5-9-21/h3-12,14-15,17H,13,16,18H2,1-2H3,(H,27,30)(H,28,29). The first-order valence-corrected chi connectivity index (χ1v) is 10.3. The fraction of sp³-hybridized carbons (Fsp3) is 0.231. The summed E-state index contributed by atoms with van der Waals surface area (Å²) < 4.78 is 5.90. The van der Waals surface area contributed by atoms with E-state index < -0.39 is 11.6 Å². The molecule has 0 aromatic heterocycles. The lowest BCUT2D eigenvalue weighted by molar-refractivity contribution is -0.137. The van der Waals surface area contributed by atoms with Crippen molar-refractivity contribution in [1.29, 1.82) is 0 Å². The summed E-state index contributed by atoms with van der Waals surface area (Å²) in [5.74, 6) is -0.481. The van der Waals surface area contributed by atoms with Gasteiger partial charge in [0.05, 0.1) is 0 Å². The molecule has 0 spiro atoms. The van der Waals surface area contributed by atoms with Gasteiger partial charge in [-0.3, -0.25) is 9.59 Å². The molecule has 0 heterocycles. The first-order chi connectivity index (χ1) is 14.8. The Morgan fingerprint density at radius 2 is 1.55 bits per heavy atom. The van der Waals surface area contributed by atoms with Crippen molar-refractivity contribution in [1.82, 2.24) is 5.32 Å². The fourth-order valence-corrected chi connectivity index (χ4v) is 3.20. The monoisotopic (exact) mass is 417 g/mol. The Kier molecular flexibility index (Phi) is 7.08. The minimum absolute atomic E-state index is 0.0829. The number of hydrogen-bond donors (Lipinski definition) is 2. The first kappa shape index (κ1) is 22.1. The fourth-order valence-electron chi connectivity index (χ4n) is 3.20. The molecule has 0 aliphatic rings. The molecular formula is C26H27NO4. The number of carboxylic acid groups (broad SMARTS) is 1. The van der Waals surface area contributed by atoms with Crippen molar-refractivity contribution in [2.24, 2.45) is 0 Å². The number of benzene rings is 3. The van der Waals surface area contributed by atoms with Crippen LogP contribution in [0.5, 0.6) is 5.75 Å². The second-order valence-corrected chi connectivity index (χ2v) is 7.90. The summed E-state index contributed by atoms with van der Waals surface area (Å²) in [6.45, 7) is 3.85. The van der Waals surface area contributed by atoms with Crippen LogP contribution in [0.1, 0.15) is 31.4 Å². The maximum absolute atomic E-state index is 12.7. The molecule has 2 N–H and O–H groups in total. The zero-order valence-corrected chi connectivity index (χ0v) is 17.8. The molecule has 0 unspecified atom stereocenters. The van der Waals surface area contributed by atoms with Crippen molar-refractivity contribution in [3.05, 3.63) is 90.0 Å². The maximum atomic E-state index is 12.7. The average molecular weight is 418 g/mol. The predicted octanol–water partition coefficient (Wildman–Crippen LogP) is 4.84. The molecule has 3 aromatic rings. The molecule has 0 atom stereocenters. The van der Waals surface area contributed by atoms with Crippen LogP contribution < -0.4 is 10.1 Å². The van der Waals surface area contributed by atoms with Crippen LogP contribution in [0.15, 0.2) is 78.9 Å². The number of rotatable bonds is 9. The van der Waals surface area contributed by atoms with Gasteiger partial charge in [-0.25, -0.2) is 0 Å². The van der Waals surface area contributed by atoms with Gasteiger partial charge in [-0.2, -0.15) is 0 Å². The molecule has 0 saturated carbocycles. The van der Waals surface area contributed by atoms with E-state index in [0.717, 1.165) is 22.3 Å². The highest BCUT2D eigenvalue weighted by atomic mass is 16.5. The summed E-state index contributed by atoms with van der Waals surface area (Å²) in [5, 5.41) is 11.7. The molecule has 0 aliphatic carbocycles. The summed E-state index contributed by atoms with van der Waals surface area (Å²) >= 11 is 0. The number of carbonyl (C=O) groups is 2. The van der Waals surface area contributed by atoms with Gasteiger partial charge in [-0.15, -0.1) is 0 Å². The minimum Gasteiger partial charge on any atom is -0.481 e. The molecule has 5 nitrogen and oxygen atoms in total. The van der Waals surface area contributed by atoms with Crippen molar-refractivity contribution in [2.45, 2.75) is 38.8 Å². The molecular weight excluding hydrogens is 390 g/mol. The second kappa shape index (κ2) is 9.94. The maximum Gasteiger partial charge on any atom is 0.303 e. The van der Waals surface area contributed by atoms with Gasteiger partial charge < -0.3 is 15.2 Å². The van der Waals surface area contributed by atoms with Crippen molar-refractivity contribution < 1.29 is 19.4 Å². The van der Waals surface area contributed by atoms with Gasteiger partial charge in [-0.1, -0.05) is 60.7 Å². The lowest BCUT2D eigenvalue weighted by Gasteiger charge is -2.25. The van der Waals surface area contributed by atoms with E-state index in [2.05, 4.69) is 23.5 Å². The van der Waals surface area contributed by atoms with Crippen LogP contribution >= 0.6 is 0 Å². The third-order valence-corrected chi connectivity index (χ3v) is 4.96. The van der Waals surface area contributed by atoms with Crippen molar-refractivity contribution in [2.75, 3.05) is 0 Å². The van der Waals surface area contributed by atoms with Gasteiger partial charge in [-0.05, 0) is 60.7 Å². The molecule has 160 valence electrons. The van der Waals surface area contributed by atoms with Crippen LogP contribution in [-0.2, 0) is 22.6 Å². The van der Waals surface area contributed by atoms with Gasteiger partial charge in [0.1, 0.15) is 5.75 Å². The zero-order valence-electron chi connectivity index (χ0n) is 17.8. The molecule has 0 saturated heterocycles. The number of carboxylic acids is 1. The Bertz CT molecular complexity index is 1030. The van der Waals surface area contributed by atoms with Crippen LogP contribution in [0, 0.1) is 0 Å². The minimum atomic E-state index is -1.06. The number of aryl methyl sites for hydroxylation is 1. The van der Waals surface area contributed by atoms with Crippen molar-refractivity contribution in [3.63, 3.8) is 0 Å². The number of nitrogens with one attached hydrogen (secondary N) is 1. The number of ether oxygens (including phenoxy) is 1. The quantitative estimate of drug-likeness (QED) is 0.522. The topological polar surface area (TPSA) is 75.6 Å². The SMILES string of the molecule is CC(C)(Oc1ccc(CCC(=O)O)cc1)C(=O)NCc1cccc(-c2ccccc2)c1. The van der Waals surface area contributed by atoms with E-state index in [9.17, 15) is 9.59 Å². The van der Waals surface area contributed by atoms with Crippen LogP contribution in [-0.4, -0.2) is 22.6 Å². The van der Waals surface area contributed by atoms with Gasteiger partial charge >= 0.3 is 5.97 Å². The summed E-state index contributed by atoms with van der Waals surface area (Å²) in [6.07, 6.45) is 0.543. The highest BCUT2D eigenvalue weighted by molar-refractivity contribution is 5.84. The molecule has 0 bridgehead atoms. The number of amides is 1. The first-order valence-electron chi connectivity index (χ1n) is 10.3. The van der Waals surface area contributed by atoms with Gasteiger partial charge in [0, 0.05) is 13.0 Å². The highest BCUT2D eigenvalue weighted by Crippen LogP contribution is 2.22. The molecule has 31 heavy (non-hydrogen) atoms. The lowest BCUT2D eigenvalue weighted by Crippen LogP contribution is -2.46. The summed E-state index contributed by atoms with van der Waals surface area (Å²) in [5.41, 5.74) is 3.10. The van der Waals surface area contributed by atoms with E-state index in [1.165, 1.54) is 0 Å². The van der Waals surface area contributed by atoms with Gasteiger partial charge in [0.2, 0.25) is 0 Å². The van der Waals surface area contributed by atoms with Crippen molar-refractivity contribution in [3.8, 4) is 16.9 Å². The average Bonchev–Trinajstić information content (AvgIpc) is 2.77. The van der Waals surface area contributed by atoms with E-state index in [1.807, 2.05) is 48.5 Å². The Labute approximate surface area is 182 Å². The highest BCUT2D eigenvalue weighted by Gasteiger charge is 2.29. The van der Waals surface area contributed by atoms with Gasteiger partial charge in [0.25, 0.3) is 5.91 Å². The molecule has 1 amide bonds. The van der Waals surface area contributed by atoms with Crippen molar-refractivity contribution >= 4 is 11.9 Å². The summed E-state index contributed by atoms with van der Waals surface area (Å²) in [7, 11) is 0. The van der Waals surface area contributed by atoms with E-state index in [-0.39, 0.29) is 12.3 Å². The summed E-state index contributed by atoms with van der Waals surface area (Å²) in [6, 6.07) is 25.3. The number of hydrogen-bond acceptors (Lipinski definition) is 3. The van der Waals surface area contributed by atoms with Gasteiger partial charge in [0.15, 0.2) is 5.60 Å². The van der Waals surface area contributed by atoms with Crippen LogP contribution in [0.25, 0.3) is 11.1 Å². The zero-order chi connectivity index (χ0) is 22.3. The molecule has 3 rings (SSSR count). The normalized spacial score (nSPS) is 11.0. The van der Waals surface area contributed by atoms with E-state index in [1.54, 1.807) is 26.0 Å². The number of aliphatic carboxylic acids is 1. The van der Waals surface area contributed by atoms with E-state index in [4.69, 9.17) is 9.84 Å². The largest absolute Gasteiger partial charge is 0.481 e. The van der Waals surface area contributed by atoms with E-state index in [0.29, 0.717) is 18.7 Å². The Hall–Kier alpha value is -3.60. The molecule has 0 aliphatic heterocycles. The third-order valence-electron chi connectivity index (χ3n) is 4.96. The molecule has 0 radical (unpaired) electrons. The molecule has 3 aromatic carbocycles. The Morgan fingerprint density at radius 3 is 2.23 bits per heavy atom. The molecule has 0 fully saturated rings. The Balaban J connectivity index is 1.58. The van der Waals surface area contributed by atoms with E-state index >= 15 is 0 Å². The smallest absolute Gasteiger partial charge is 0.303 e. The predicted molar refractivity (Wildman–Crippen MR) is 121 cm³/mol.